The second-order valence-corrected chi connectivity index (χ2v) is 7.79. The highest BCUT2D eigenvalue weighted by molar-refractivity contribution is 5.97. The minimum Gasteiger partial charge on any atom is -0.494 e. The van der Waals surface area contributed by atoms with Crippen LogP contribution in [-0.2, 0) is 6.42 Å². The average Bonchev–Trinajstić information content (AvgIpc) is 2.82. The van der Waals surface area contributed by atoms with E-state index in [9.17, 15) is 15.0 Å². The van der Waals surface area contributed by atoms with E-state index in [2.05, 4.69) is 0 Å². The molecule has 0 spiro atoms. The number of aromatic carboxylic acids is 1. The Hall–Kier alpha value is -3.15. The maximum atomic E-state index is 12.1. The molecular weight excluding hydrogens is 404 g/mol. The van der Waals surface area contributed by atoms with E-state index >= 15 is 0 Å². The highest BCUT2D eigenvalue weighted by atomic mass is 16.5. The molecule has 0 aliphatic heterocycles. The van der Waals surface area contributed by atoms with Crippen molar-refractivity contribution in [1.82, 2.24) is 0 Å². The number of carboxylic acids is 1. The Balaban J connectivity index is 1.73. The molecule has 3 aromatic rings. The number of benzene rings is 3. The van der Waals surface area contributed by atoms with Crippen molar-refractivity contribution in [2.24, 2.45) is 0 Å². The van der Waals surface area contributed by atoms with E-state index in [0.29, 0.717) is 17.7 Å². The van der Waals surface area contributed by atoms with Gasteiger partial charge in [-0.2, -0.15) is 0 Å². The fraction of sp³-hybridized carbons (Fsp3) is 0.296. The summed E-state index contributed by atoms with van der Waals surface area (Å²) in [6.45, 7) is 0.838. The van der Waals surface area contributed by atoms with Gasteiger partial charge in [0.1, 0.15) is 5.75 Å². The predicted molar refractivity (Wildman–Crippen MR) is 125 cm³/mol. The van der Waals surface area contributed by atoms with Crippen LogP contribution in [0.15, 0.2) is 72.8 Å². The molecule has 3 N–H and O–H groups in total. The summed E-state index contributed by atoms with van der Waals surface area (Å²) in [6, 6.07) is 22.0. The van der Waals surface area contributed by atoms with Crippen molar-refractivity contribution in [2.45, 2.75) is 38.2 Å². The van der Waals surface area contributed by atoms with Gasteiger partial charge in [0.25, 0.3) is 0 Å². The first-order chi connectivity index (χ1) is 15.6. The lowest BCUT2D eigenvalue weighted by atomic mass is 9.91. The van der Waals surface area contributed by atoms with Gasteiger partial charge in [0.2, 0.25) is 0 Å². The second kappa shape index (κ2) is 12.0. The third-order valence-corrected chi connectivity index (χ3v) is 5.45. The van der Waals surface area contributed by atoms with Gasteiger partial charge in [-0.15, -0.1) is 0 Å². The van der Waals surface area contributed by atoms with Crippen molar-refractivity contribution < 1.29 is 24.9 Å². The lowest BCUT2D eigenvalue weighted by molar-refractivity contribution is 0.0695. The summed E-state index contributed by atoms with van der Waals surface area (Å²) in [4.78, 5) is 12.1. The van der Waals surface area contributed by atoms with Crippen molar-refractivity contribution in [2.75, 3.05) is 13.2 Å². The molecule has 0 bridgehead atoms. The van der Waals surface area contributed by atoms with Crippen LogP contribution in [0.4, 0.5) is 0 Å². The van der Waals surface area contributed by atoms with Crippen molar-refractivity contribution in [3.63, 3.8) is 0 Å². The van der Waals surface area contributed by atoms with Crippen LogP contribution in [0.1, 0.15) is 53.3 Å². The van der Waals surface area contributed by atoms with Crippen molar-refractivity contribution >= 4 is 5.97 Å². The molecular formula is C27H30O5. The number of rotatable bonds is 12. The van der Waals surface area contributed by atoms with E-state index in [-0.39, 0.29) is 18.6 Å². The normalized spacial score (nSPS) is 11.8. The number of carboxylic acid groups (broad SMARTS) is 1. The highest BCUT2D eigenvalue weighted by Gasteiger charge is 2.19. The van der Waals surface area contributed by atoms with E-state index in [1.54, 1.807) is 12.1 Å². The quantitative estimate of drug-likeness (QED) is 0.339. The summed E-state index contributed by atoms with van der Waals surface area (Å²) in [7, 11) is 0. The van der Waals surface area contributed by atoms with Gasteiger partial charge in [-0.05, 0) is 53.6 Å². The molecule has 0 aliphatic rings. The molecule has 1 unspecified atom stereocenters. The van der Waals surface area contributed by atoms with Gasteiger partial charge in [0, 0.05) is 13.0 Å². The largest absolute Gasteiger partial charge is 0.494 e. The van der Waals surface area contributed by atoms with E-state index in [1.807, 2.05) is 60.7 Å². The van der Waals surface area contributed by atoms with Crippen LogP contribution in [0.3, 0.4) is 0 Å². The van der Waals surface area contributed by atoms with Crippen LogP contribution >= 0.6 is 0 Å². The molecule has 0 saturated carbocycles. The predicted octanol–water partition coefficient (Wildman–Crippen LogP) is 5.26. The van der Waals surface area contributed by atoms with Crippen LogP contribution in [0, 0.1) is 0 Å². The van der Waals surface area contributed by atoms with E-state index in [1.165, 1.54) is 0 Å². The van der Waals surface area contributed by atoms with Crippen LogP contribution in [0.25, 0.3) is 11.1 Å². The lowest BCUT2D eigenvalue weighted by Crippen LogP contribution is -2.09. The maximum Gasteiger partial charge on any atom is 0.336 e. The van der Waals surface area contributed by atoms with Gasteiger partial charge in [-0.1, -0.05) is 67.1 Å². The Morgan fingerprint density at radius 2 is 1.56 bits per heavy atom. The molecule has 0 amide bonds. The van der Waals surface area contributed by atoms with Crippen molar-refractivity contribution in [3.8, 4) is 16.9 Å². The Kier molecular flexibility index (Phi) is 8.84. The zero-order chi connectivity index (χ0) is 22.8. The molecule has 0 fully saturated rings. The highest BCUT2D eigenvalue weighted by Crippen LogP contribution is 2.30. The van der Waals surface area contributed by atoms with Gasteiger partial charge < -0.3 is 20.1 Å². The summed E-state index contributed by atoms with van der Waals surface area (Å²) in [5.41, 5.74) is 2.96. The summed E-state index contributed by atoms with van der Waals surface area (Å²) in [6.07, 6.45) is 3.20. The summed E-state index contributed by atoms with van der Waals surface area (Å²) >= 11 is 0. The van der Waals surface area contributed by atoms with Gasteiger partial charge >= 0.3 is 5.97 Å². The fourth-order valence-corrected chi connectivity index (χ4v) is 3.75. The molecule has 3 rings (SSSR count). The number of hydrogen-bond acceptors (Lipinski definition) is 4. The third kappa shape index (κ3) is 6.42. The molecule has 0 radical (unpaired) electrons. The lowest BCUT2D eigenvalue weighted by Gasteiger charge is -2.16. The Labute approximate surface area is 188 Å². The Bertz CT molecular complexity index is 983. The van der Waals surface area contributed by atoms with Gasteiger partial charge in [-0.25, -0.2) is 4.79 Å². The first-order valence-electron chi connectivity index (χ1n) is 11.0. The molecule has 168 valence electrons. The number of aliphatic hydroxyl groups excluding tert-OH is 2. The number of aliphatic hydroxyl groups is 2. The number of ether oxygens (including phenoxy) is 1. The van der Waals surface area contributed by atoms with Crippen molar-refractivity contribution in [3.05, 3.63) is 89.5 Å². The average molecular weight is 435 g/mol. The Morgan fingerprint density at radius 3 is 2.25 bits per heavy atom. The zero-order valence-electron chi connectivity index (χ0n) is 18.1. The molecule has 0 aliphatic carbocycles. The van der Waals surface area contributed by atoms with Crippen LogP contribution < -0.4 is 4.74 Å². The van der Waals surface area contributed by atoms with Crippen molar-refractivity contribution in [1.29, 1.82) is 0 Å². The molecule has 32 heavy (non-hydrogen) atoms. The molecule has 5 heteroatoms. The van der Waals surface area contributed by atoms with E-state index in [0.717, 1.165) is 42.6 Å². The molecule has 5 nitrogen and oxygen atoms in total. The molecule has 0 heterocycles. The first kappa shape index (κ1) is 23.5. The third-order valence-electron chi connectivity index (χ3n) is 5.45. The molecule has 1 atom stereocenters. The molecule has 0 saturated heterocycles. The maximum absolute atomic E-state index is 12.1. The number of carbonyl (C=O) groups is 1. The van der Waals surface area contributed by atoms with Gasteiger partial charge in [0.15, 0.2) is 0 Å². The van der Waals surface area contributed by atoms with Gasteiger partial charge in [-0.3, -0.25) is 0 Å². The fourth-order valence-electron chi connectivity index (χ4n) is 3.75. The smallest absolute Gasteiger partial charge is 0.336 e. The SMILES string of the molecule is O=C(O)c1c(CC(O)c2ccccc2)cccc1-c1ccc(OCCCCCCO)cc1. The van der Waals surface area contributed by atoms with Gasteiger partial charge in [0.05, 0.1) is 18.3 Å². The molecule has 3 aromatic carbocycles. The van der Waals surface area contributed by atoms with Crippen LogP contribution in [0.2, 0.25) is 0 Å². The number of hydrogen-bond donors (Lipinski definition) is 3. The zero-order valence-corrected chi connectivity index (χ0v) is 18.1. The second-order valence-electron chi connectivity index (χ2n) is 7.79. The molecule has 0 aromatic heterocycles. The standard InChI is InChI=1S/C27H30O5/c28-17-6-1-2-7-18-32-23-15-13-20(14-16-23)24-12-8-11-22(26(24)27(30)31)19-25(29)21-9-4-3-5-10-21/h3-5,8-16,25,28-29H,1-2,6-7,17-19H2,(H,30,31). The van der Waals surface area contributed by atoms with E-state index in [4.69, 9.17) is 9.84 Å². The topological polar surface area (TPSA) is 87.0 Å². The number of unbranched alkanes of at least 4 members (excludes halogenated alkanes) is 3. The Morgan fingerprint density at radius 1 is 0.844 bits per heavy atom. The summed E-state index contributed by atoms with van der Waals surface area (Å²) in [5.74, 6) is -0.275. The van der Waals surface area contributed by atoms with Crippen LogP contribution in [0.5, 0.6) is 5.75 Å². The monoisotopic (exact) mass is 434 g/mol. The minimum absolute atomic E-state index is 0.208. The summed E-state index contributed by atoms with van der Waals surface area (Å²) in [5, 5.41) is 29.3. The summed E-state index contributed by atoms with van der Waals surface area (Å²) < 4.78 is 5.77. The minimum atomic E-state index is -1.01. The first-order valence-corrected chi connectivity index (χ1v) is 11.0. The van der Waals surface area contributed by atoms with E-state index < -0.39 is 12.1 Å². The van der Waals surface area contributed by atoms with Crippen LogP contribution in [-0.4, -0.2) is 34.5 Å².